The first kappa shape index (κ1) is 19.0. The summed E-state index contributed by atoms with van der Waals surface area (Å²) in [5, 5.41) is 21.5. The monoisotopic (exact) mass is 405 g/mol. The second-order valence-electron chi connectivity index (χ2n) is 6.66. The van der Waals surface area contributed by atoms with E-state index in [9.17, 15) is 10.2 Å². The molecular formula is C18H20ClN5O4. The Bertz CT molecular complexity index is 966. The normalized spacial score (nSPS) is 26.0. The van der Waals surface area contributed by atoms with Gasteiger partial charge in [-0.25, -0.2) is 15.0 Å². The summed E-state index contributed by atoms with van der Waals surface area (Å²) in [7, 11) is 0. The van der Waals surface area contributed by atoms with Gasteiger partial charge in [0.2, 0.25) is 0 Å². The SMILES string of the molecule is C[C@@H](OC[C@H]1O[C@@H](n2cnc3c(N)ncnc32)[C@H](O)[C@@H]1O)c1ccc(Cl)cc1. The number of nitrogens with zero attached hydrogens (tertiary/aromatic N) is 4. The number of hydrogen-bond donors (Lipinski definition) is 3. The maximum Gasteiger partial charge on any atom is 0.167 e. The van der Waals surface area contributed by atoms with Crippen LogP contribution < -0.4 is 5.73 Å². The second kappa shape index (κ2) is 7.61. The Labute approximate surface area is 165 Å². The summed E-state index contributed by atoms with van der Waals surface area (Å²) in [5.74, 6) is 0.230. The highest BCUT2D eigenvalue weighted by atomic mass is 35.5. The fourth-order valence-corrected chi connectivity index (χ4v) is 3.35. The maximum atomic E-state index is 10.5. The third-order valence-electron chi connectivity index (χ3n) is 4.85. The second-order valence-corrected chi connectivity index (χ2v) is 7.09. The summed E-state index contributed by atoms with van der Waals surface area (Å²) in [4.78, 5) is 12.2. The standard InChI is InChI=1S/C18H20ClN5O4/c1-9(10-2-4-11(19)5-3-10)27-6-12-14(25)15(26)18(28-12)24-8-23-13-16(20)21-7-22-17(13)24/h2-5,7-9,12,14-15,18,25-26H,6H2,1H3,(H2,20,21,22)/t9-,12-,14-,15-,18-/m1/s1. The predicted octanol–water partition coefficient (Wildman–Crippen LogP) is 1.46. The van der Waals surface area contributed by atoms with Crippen molar-refractivity contribution in [2.24, 2.45) is 0 Å². The van der Waals surface area contributed by atoms with Gasteiger partial charge in [0.1, 0.15) is 30.2 Å². The highest BCUT2D eigenvalue weighted by Gasteiger charge is 2.44. The number of halogens is 1. The van der Waals surface area contributed by atoms with E-state index >= 15 is 0 Å². The van der Waals surface area contributed by atoms with E-state index in [-0.39, 0.29) is 18.5 Å². The van der Waals surface area contributed by atoms with Gasteiger partial charge < -0.3 is 25.4 Å². The Morgan fingerprint density at radius 3 is 2.71 bits per heavy atom. The fraction of sp³-hybridized carbons (Fsp3) is 0.389. The third kappa shape index (κ3) is 3.43. The quantitative estimate of drug-likeness (QED) is 0.581. The van der Waals surface area contributed by atoms with Crippen molar-refractivity contribution < 1.29 is 19.7 Å². The molecule has 9 nitrogen and oxygen atoms in total. The van der Waals surface area contributed by atoms with Crippen molar-refractivity contribution in [3.05, 3.63) is 47.5 Å². The van der Waals surface area contributed by atoms with Gasteiger partial charge in [0.15, 0.2) is 17.7 Å². The van der Waals surface area contributed by atoms with Crippen LogP contribution in [0.2, 0.25) is 5.02 Å². The molecule has 5 atom stereocenters. The molecule has 1 fully saturated rings. The number of ether oxygens (including phenoxy) is 2. The largest absolute Gasteiger partial charge is 0.387 e. The van der Waals surface area contributed by atoms with E-state index in [1.54, 1.807) is 12.1 Å². The predicted molar refractivity (Wildman–Crippen MR) is 101 cm³/mol. The Hall–Kier alpha value is -2.30. The molecule has 0 saturated carbocycles. The topological polar surface area (TPSA) is 129 Å². The van der Waals surface area contributed by atoms with Crippen LogP contribution in [0.25, 0.3) is 11.2 Å². The minimum Gasteiger partial charge on any atom is -0.387 e. The lowest BCUT2D eigenvalue weighted by Crippen LogP contribution is -2.34. The molecule has 10 heteroatoms. The molecule has 28 heavy (non-hydrogen) atoms. The minimum absolute atomic E-state index is 0.0995. The van der Waals surface area contributed by atoms with E-state index in [0.29, 0.717) is 16.2 Å². The van der Waals surface area contributed by atoms with Crippen molar-refractivity contribution >= 4 is 28.6 Å². The van der Waals surface area contributed by atoms with E-state index < -0.39 is 24.5 Å². The lowest BCUT2D eigenvalue weighted by Gasteiger charge is -2.19. The smallest absolute Gasteiger partial charge is 0.167 e. The van der Waals surface area contributed by atoms with Gasteiger partial charge in [-0.2, -0.15) is 0 Å². The van der Waals surface area contributed by atoms with Crippen LogP contribution >= 0.6 is 11.6 Å². The van der Waals surface area contributed by atoms with Crippen LogP contribution in [0.5, 0.6) is 0 Å². The first-order valence-corrected chi connectivity index (χ1v) is 9.15. The van der Waals surface area contributed by atoms with Gasteiger partial charge in [-0.1, -0.05) is 23.7 Å². The Balaban J connectivity index is 1.47. The number of hydrogen-bond acceptors (Lipinski definition) is 8. The van der Waals surface area contributed by atoms with Crippen molar-refractivity contribution in [2.75, 3.05) is 12.3 Å². The van der Waals surface area contributed by atoms with Crippen LogP contribution in [0.15, 0.2) is 36.9 Å². The molecule has 4 N–H and O–H groups in total. The number of rotatable bonds is 5. The van der Waals surface area contributed by atoms with Crippen molar-refractivity contribution in [3.63, 3.8) is 0 Å². The van der Waals surface area contributed by atoms with Crippen molar-refractivity contribution in [2.45, 2.75) is 37.6 Å². The summed E-state index contributed by atoms with van der Waals surface area (Å²) >= 11 is 5.90. The number of imidazole rings is 1. The number of aliphatic hydroxyl groups is 2. The molecule has 0 spiro atoms. The lowest BCUT2D eigenvalue weighted by molar-refractivity contribution is -0.0788. The Morgan fingerprint density at radius 1 is 1.21 bits per heavy atom. The first-order valence-electron chi connectivity index (χ1n) is 8.77. The zero-order valence-corrected chi connectivity index (χ0v) is 15.8. The van der Waals surface area contributed by atoms with Gasteiger partial charge >= 0.3 is 0 Å². The number of anilines is 1. The van der Waals surface area contributed by atoms with Crippen LogP contribution in [0, 0.1) is 0 Å². The molecular weight excluding hydrogens is 386 g/mol. The summed E-state index contributed by atoms with van der Waals surface area (Å²) in [6.07, 6.45) is -1.35. The molecule has 0 bridgehead atoms. The molecule has 0 amide bonds. The molecule has 1 aliphatic heterocycles. The van der Waals surface area contributed by atoms with Crippen LogP contribution in [0.1, 0.15) is 24.8 Å². The van der Waals surface area contributed by atoms with Gasteiger partial charge in [0.05, 0.1) is 19.0 Å². The molecule has 3 heterocycles. The molecule has 0 aliphatic carbocycles. The average Bonchev–Trinajstić information content (AvgIpc) is 3.23. The number of nitrogen functional groups attached to an aromatic ring is 1. The molecule has 0 radical (unpaired) electrons. The molecule has 4 rings (SSSR count). The van der Waals surface area contributed by atoms with Crippen LogP contribution in [0.4, 0.5) is 5.82 Å². The maximum absolute atomic E-state index is 10.5. The summed E-state index contributed by atoms with van der Waals surface area (Å²) < 4.78 is 13.2. The first-order chi connectivity index (χ1) is 13.5. The number of aromatic nitrogens is 4. The number of nitrogens with two attached hydrogens (primary N) is 1. The highest BCUT2D eigenvalue weighted by Crippen LogP contribution is 2.33. The fourth-order valence-electron chi connectivity index (χ4n) is 3.22. The molecule has 3 aromatic rings. The molecule has 1 saturated heterocycles. The zero-order valence-electron chi connectivity index (χ0n) is 15.0. The van der Waals surface area contributed by atoms with Gasteiger partial charge in [-0.3, -0.25) is 4.57 Å². The van der Waals surface area contributed by atoms with E-state index in [4.69, 9.17) is 26.8 Å². The number of fused-ring (bicyclic) bond motifs is 1. The van der Waals surface area contributed by atoms with E-state index in [2.05, 4.69) is 15.0 Å². The van der Waals surface area contributed by atoms with Crippen LogP contribution in [-0.2, 0) is 9.47 Å². The van der Waals surface area contributed by atoms with Gasteiger partial charge in [0.25, 0.3) is 0 Å². The number of benzene rings is 1. The summed E-state index contributed by atoms with van der Waals surface area (Å²) in [5.41, 5.74) is 7.56. The minimum atomic E-state index is -1.17. The number of aliphatic hydroxyl groups excluding tert-OH is 2. The van der Waals surface area contributed by atoms with Crippen LogP contribution in [0.3, 0.4) is 0 Å². The van der Waals surface area contributed by atoms with Gasteiger partial charge in [0, 0.05) is 5.02 Å². The average molecular weight is 406 g/mol. The molecule has 1 aliphatic rings. The molecule has 148 valence electrons. The van der Waals surface area contributed by atoms with E-state index in [0.717, 1.165) is 5.56 Å². The molecule has 2 aromatic heterocycles. The molecule has 1 aromatic carbocycles. The van der Waals surface area contributed by atoms with Gasteiger partial charge in [-0.05, 0) is 24.6 Å². The van der Waals surface area contributed by atoms with Gasteiger partial charge in [-0.15, -0.1) is 0 Å². The van der Waals surface area contributed by atoms with E-state index in [1.165, 1.54) is 17.2 Å². The van der Waals surface area contributed by atoms with Crippen LogP contribution in [-0.4, -0.2) is 54.7 Å². The zero-order chi connectivity index (χ0) is 19.8. The lowest BCUT2D eigenvalue weighted by atomic mass is 10.1. The Kier molecular flexibility index (Phi) is 5.17. The van der Waals surface area contributed by atoms with E-state index in [1.807, 2.05) is 19.1 Å². The third-order valence-corrected chi connectivity index (χ3v) is 5.10. The summed E-state index contributed by atoms with van der Waals surface area (Å²) in [6, 6.07) is 7.32. The summed E-state index contributed by atoms with van der Waals surface area (Å²) in [6.45, 7) is 1.99. The Morgan fingerprint density at radius 2 is 1.96 bits per heavy atom. The highest BCUT2D eigenvalue weighted by molar-refractivity contribution is 6.30. The molecule has 0 unspecified atom stereocenters. The van der Waals surface area contributed by atoms with Crippen molar-refractivity contribution in [1.29, 1.82) is 0 Å². The van der Waals surface area contributed by atoms with Crippen molar-refractivity contribution in [3.8, 4) is 0 Å². The van der Waals surface area contributed by atoms with Crippen molar-refractivity contribution in [1.82, 2.24) is 19.5 Å².